The molecule has 0 spiro atoms. The molecule has 0 fully saturated rings. The average molecular weight is 245 g/mol. The van der Waals surface area contributed by atoms with E-state index in [1.807, 2.05) is 0 Å². The zero-order valence-corrected chi connectivity index (χ0v) is 9.50. The number of nitrogens with two attached hydrogens (primary N) is 1. The second kappa shape index (κ2) is 5.47. The number of aryl methyl sites for hydroxylation is 1. The molecule has 0 atom stereocenters. The Morgan fingerprint density at radius 3 is 2.65 bits per heavy atom. The number of carbonyl (C=O) groups excluding carboxylic acids is 1. The van der Waals surface area contributed by atoms with Crippen LogP contribution in [0.3, 0.4) is 0 Å². The number of esters is 1. The minimum Gasteiger partial charge on any atom is -0.462 e. The summed E-state index contributed by atoms with van der Waals surface area (Å²) in [5.74, 6) is -0.637. The zero-order valence-electron chi connectivity index (χ0n) is 9.50. The van der Waals surface area contributed by atoms with Gasteiger partial charge >= 0.3 is 12.6 Å². The van der Waals surface area contributed by atoms with Crippen molar-refractivity contribution < 1.29 is 23.0 Å². The third-order valence-corrected chi connectivity index (χ3v) is 2.06. The van der Waals surface area contributed by atoms with Gasteiger partial charge in [-0.2, -0.15) is 8.78 Å². The van der Waals surface area contributed by atoms with E-state index in [-0.39, 0.29) is 23.6 Å². The minimum absolute atomic E-state index is 0.0460. The number of carbonyl (C=O) groups is 1. The van der Waals surface area contributed by atoms with E-state index in [0.29, 0.717) is 5.56 Å². The smallest absolute Gasteiger partial charge is 0.387 e. The van der Waals surface area contributed by atoms with E-state index in [0.717, 1.165) is 0 Å². The van der Waals surface area contributed by atoms with Gasteiger partial charge in [-0.05, 0) is 25.5 Å². The molecule has 1 aromatic rings. The third-order valence-electron chi connectivity index (χ3n) is 2.06. The first kappa shape index (κ1) is 13.2. The predicted molar refractivity (Wildman–Crippen MR) is 58.2 cm³/mol. The van der Waals surface area contributed by atoms with Gasteiger partial charge in [-0.1, -0.05) is 0 Å². The van der Waals surface area contributed by atoms with Gasteiger partial charge in [-0.15, -0.1) is 0 Å². The number of benzene rings is 1. The van der Waals surface area contributed by atoms with E-state index in [4.69, 9.17) is 10.5 Å². The highest BCUT2D eigenvalue weighted by atomic mass is 19.3. The van der Waals surface area contributed by atoms with E-state index >= 15 is 0 Å². The molecular weight excluding hydrogens is 232 g/mol. The van der Waals surface area contributed by atoms with Crippen molar-refractivity contribution in [3.05, 3.63) is 23.3 Å². The van der Waals surface area contributed by atoms with Crippen LogP contribution in [0.5, 0.6) is 5.75 Å². The van der Waals surface area contributed by atoms with Gasteiger partial charge in [0.25, 0.3) is 0 Å². The lowest BCUT2D eigenvalue weighted by Gasteiger charge is -2.11. The molecule has 94 valence electrons. The van der Waals surface area contributed by atoms with Crippen molar-refractivity contribution in [3.8, 4) is 5.75 Å². The molecule has 0 aliphatic carbocycles. The monoisotopic (exact) mass is 245 g/mol. The summed E-state index contributed by atoms with van der Waals surface area (Å²) in [6.07, 6.45) is 0. The lowest BCUT2D eigenvalue weighted by atomic mass is 10.1. The molecular formula is C11H13F2NO3. The highest BCUT2D eigenvalue weighted by molar-refractivity contribution is 5.95. The fourth-order valence-corrected chi connectivity index (χ4v) is 1.31. The fourth-order valence-electron chi connectivity index (χ4n) is 1.31. The normalized spacial score (nSPS) is 10.4. The van der Waals surface area contributed by atoms with Crippen molar-refractivity contribution in [2.45, 2.75) is 20.5 Å². The average Bonchev–Trinajstić information content (AvgIpc) is 2.22. The Hall–Kier alpha value is -1.85. The van der Waals surface area contributed by atoms with Gasteiger partial charge in [0, 0.05) is 11.8 Å². The summed E-state index contributed by atoms with van der Waals surface area (Å²) in [5.41, 5.74) is 6.15. The number of nitrogen functional groups attached to an aromatic ring is 1. The van der Waals surface area contributed by atoms with E-state index in [9.17, 15) is 13.6 Å². The lowest BCUT2D eigenvalue weighted by Crippen LogP contribution is -2.10. The molecule has 17 heavy (non-hydrogen) atoms. The molecule has 0 unspecified atom stereocenters. The van der Waals surface area contributed by atoms with Crippen molar-refractivity contribution in [2.24, 2.45) is 0 Å². The maximum atomic E-state index is 12.1. The molecule has 0 amide bonds. The first-order chi connectivity index (χ1) is 7.95. The lowest BCUT2D eigenvalue weighted by molar-refractivity contribution is -0.0502. The molecule has 0 aliphatic heterocycles. The van der Waals surface area contributed by atoms with E-state index in [1.54, 1.807) is 13.8 Å². The second-order valence-electron chi connectivity index (χ2n) is 3.30. The minimum atomic E-state index is -2.93. The summed E-state index contributed by atoms with van der Waals surface area (Å²) in [6.45, 7) is 0.489. The van der Waals surface area contributed by atoms with Gasteiger partial charge in [0.2, 0.25) is 0 Å². The fraction of sp³-hybridized carbons (Fsp3) is 0.364. The molecule has 0 aromatic heterocycles. The summed E-state index contributed by atoms with van der Waals surface area (Å²) in [5, 5.41) is 0. The Bertz CT molecular complexity index is 421. The van der Waals surface area contributed by atoms with Crippen molar-refractivity contribution in [1.29, 1.82) is 0 Å². The van der Waals surface area contributed by atoms with Gasteiger partial charge in [0.15, 0.2) is 0 Å². The molecule has 1 rings (SSSR count). The van der Waals surface area contributed by atoms with E-state index < -0.39 is 12.6 Å². The van der Waals surface area contributed by atoms with Gasteiger partial charge < -0.3 is 15.2 Å². The predicted octanol–water partition coefficient (Wildman–Crippen LogP) is 2.36. The molecule has 0 saturated carbocycles. The van der Waals surface area contributed by atoms with Gasteiger partial charge in [0.05, 0.1) is 12.2 Å². The summed E-state index contributed by atoms with van der Waals surface area (Å²) in [7, 11) is 0. The number of halogens is 2. The highest BCUT2D eigenvalue weighted by Crippen LogP contribution is 2.26. The molecule has 0 bridgehead atoms. The Morgan fingerprint density at radius 1 is 1.47 bits per heavy atom. The molecule has 2 N–H and O–H groups in total. The van der Waals surface area contributed by atoms with E-state index in [1.165, 1.54) is 12.1 Å². The number of rotatable bonds is 4. The topological polar surface area (TPSA) is 61.5 Å². The van der Waals surface area contributed by atoms with Gasteiger partial charge in [-0.25, -0.2) is 4.79 Å². The number of hydrogen-bond acceptors (Lipinski definition) is 4. The van der Waals surface area contributed by atoms with Crippen LogP contribution in [-0.2, 0) is 4.74 Å². The Balaban J connectivity index is 3.04. The first-order valence-electron chi connectivity index (χ1n) is 4.97. The maximum absolute atomic E-state index is 12.1. The number of hydrogen-bond donors (Lipinski definition) is 1. The number of anilines is 1. The summed E-state index contributed by atoms with van der Waals surface area (Å²) < 4.78 is 33.1. The Labute approximate surface area is 97.3 Å². The zero-order chi connectivity index (χ0) is 13.0. The standard InChI is InChI=1S/C11H13F2NO3/c1-3-16-10(15)7-4-6(2)9(5-8(7)14)17-11(12)13/h4-5,11H,3,14H2,1-2H3. The quantitative estimate of drug-likeness (QED) is 0.653. The molecule has 0 heterocycles. The van der Waals surface area contributed by atoms with Crippen molar-refractivity contribution in [1.82, 2.24) is 0 Å². The van der Waals surface area contributed by atoms with Crippen LogP contribution in [0, 0.1) is 6.92 Å². The van der Waals surface area contributed by atoms with Crippen LogP contribution in [0.15, 0.2) is 12.1 Å². The van der Waals surface area contributed by atoms with Crippen LogP contribution in [0.25, 0.3) is 0 Å². The van der Waals surface area contributed by atoms with Crippen molar-refractivity contribution >= 4 is 11.7 Å². The van der Waals surface area contributed by atoms with Gasteiger partial charge in [-0.3, -0.25) is 0 Å². The van der Waals surface area contributed by atoms with Crippen molar-refractivity contribution in [3.63, 3.8) is 0 Å². The molecule has 0 radical (unpaired) electrons. The van der Waals surface area contributed by atoms with Crippen LogP contribution < -0.4 is 10.5 Å². The summed E-state index contributed by atoms with van der Waals surface area (Å²) in [4.78, 5) is 11.5. The maximum Gasteiger partial charge on any atom is 0.387 e. The third kappa shape index (κ3) is 3.30. The highest BCUT2D eigenvalue weighted by Gasteiger charge is 2.15. The first-order valence-corrected chi connectivity index (χ1v) is 4.97. The van der Waals surface area contributed by atoms with Crippen LogP contribution in [0.4, 0.5) is 14.5 Å². The molecule has 4 nitrogen and oxygen atoms in total. The SMILES string of the molecule is CCOC(=O)c1cc(C)c(OC(F)F)cc1N. The molecule has 0 aliphatic rings. The number of ether oxygens (including phenoxy) is 2. The summed E-state index contributed by atoms with van der Waals surface area (Å²) >= 11 is 0. The molecule has 1 aromatic carbocycles. The Morgan fingerprint density at radius 2 is 2.12 bits per heavy atom. The second-order valence-corrected chi connectivity index (χ2v) is 3.30. The number of alkyl halides is 2. The summed E-state index contributed by atoms with van der Waals surface area (Å²) in [6, 6.07) is 2.55. The van der Waals surface area contributed by atoms with Crippen molar-refractivity contribution in [2.75, 3.05) is 12.3 Å². The van der Waals surface area contributed by atoms with Crippen LogP contribution >= 0.6 is 0 Å². The Kier molecular flexibility index (Phi) is 4.25. The van der Waals surface area contributed by atoms with Crippen LogP contribution in [0.1, 0.15) is 22.8 Å². The molecule has 0 saturated heterocycles. The largest absolute Gasteiger partial charge is 0.462 e. The van der Waals surface area contributed by atoms with Crippen LogP contribution in [-0.4, -0.2) is 19.2 Å². The van der Waals surface area contributed by atoms with E-state index in [2.05, 4.69) is 4.74 Å². The molecule has 6 heteroatoms. The van der Waals surface area contributed by atoms with Crippen LogP contribution in [0.2, 0.25) is 0 Å². The van der Waals surface area contributed by atoms with Gasteiger partial charge in [0.1, 0.15) is 5.75 Å².